The van der Waals surface area contributed by atoms with Crippen LogP contribution >= 0.6 is 0 Å². The van der Waals surface area contributed by atoms with Gasteiger partial charge in [-0.2, -0.15) is 0 Å². The zero-order chi connectivity index (χ0) is 22.8. The van der Waals surface area contributed by atoms with Crippen molar-refractivity contribution in [2.24, 2.45) is 5.73 Å². The van der Waals surface area contributed by atoms with Crippen LogP contribution in [0.25, 0.3) is 0 Å². The maximum absolute atomic E-state index is 5.54. The Morgan fingerprint density at radius 3 is 2.48 bits per heavy atom. The lowest BCUT2D eigenvalue weighted by Crippen LogP contribution is -2.31. The van der Waals surface area contributed by atoms with E-state index in [-0.39, 0.29) is 7.43 Å². The number of hydrogen-bond donors (Lipinski definition) is 2. The molecule has 0 saturated heterocycles. The van der Waals surface area contributed by atoms with E-state index in [0.717, 1.165) is 63.5 Å². The Morgan fingerprint density at radius 1 is 1.16 bits per heavy atom. The summed E-state index contributed by atoms with van der Waals surface area (Å²) in [5.41, 5.74) is 10.4. The van der Waals surface area contributed by atoms with Crippen molar-refractivity contribution in [3.8, 4) is 0 Å². The highest BCUT2D eigenvalue weighted by Gasteiger charge is 2.06. The minimum atomic E-state index is 0. The lowest BCUT2D eigenvalue weighted by Gasteiger charge is -2.22. The zero-order valence-corrected chi connectivity index (χ0v) is 20.2. The number of likely N-dealkylation sites (N-methyl/N-ethyl adjacent to an activating group) is 2. The van der Waals surface area contributed by atoms with Crippen molar-refractivity contribution >= 4 is 5.69 Å². The molecule has 1 heterocycles. The SMILES string of the molecule is C.C=C/C=C(C)\C=C(/C)CN(C)CCN(C)Cc1cc(NCCCCN)ccn1.CC. The van der Waals surface area contributed by atoms with Crippen LogP contribution in [0.1, 0.15) is 53.7 Å². The first-order valence-corrected chi connectivity index (χ1v) is 11.2. The fraction of sp³-hybridized carbons (Fsp3) is 0.577. The van der Waals surface area contributed by atoms with Gasteiger partial charge in [0.05, 0.1) is 5.69 Å². The Morgan fingerprint density at radius 2 is 1.84 bits per heavy atom. The van der Waals surface area contributed by atoms with Gasteiger partial charge in [-0.25, -0.2) is 0 Å². The molecule has 1 aromatic heterocycles. The second-order valence-electron chi connectivity index (χ2n) is 7.57. The van der Waals surface area contributed by atoms with Gasteiger partial charge in [0, 0.05) is 44.6 Å². The molecule has 1 aromatic rings. The average molecular weight is 432 g/mol. The number of nitrogens with one attached hydrogen (secondary N) is 1. The minimum Gasteiger partial charge on any atom is -0.385 e. The van der Waals surface area contributed by atoms with E-state index >= 15 is 0 Å². The lowest BCUT2D eigenvalue weighted by atomic mass is 10.1. The molecule has 0 bridgehead atoms. The molecule has 0 atom stereocenters. The minimum absolute atomic E-state index is 0. The number of aromatic nitrogens is 1. The van der Waals surface area contributed by atoms with E-state index in [9.17, 15) is 0 Å². The molecular weight excluding hydrogens is 382 g/mol. The Bertz CT molecular complexity index is 636. The number of rotatable bonds is 14. The summed E-state index contributed by atoms with van der Waals surface area (Å²) in [7, 11) is 4.32. The molecule has 0 aliphatic heterocycles. The number of nitrogens with two attached hydrogens (primary N) is 1. The molecule has 31 heavy (non-hydrogen) atoms. The van der Waals surface area contributed by atoms with E-state index in [4.69, 9.17) is 5.73 Å². The van der Waals surface area contributed by atoms with Crippen molar-refractivity contribution in [1.82, 2.24) is 14.8 Å². The van der Waals surface area contributed by atoms with Gasteiger partial charge in [0.2, 0.25) is 0 Å². The smallest absolute Gasteiger partial charge is 0.0564 e. The van der Waals surface area contributed by atoms with Gasteiger partial charge in [-0.1, -0.05) is 57.2 Å². The molecule has 0 aliphatic carbocycles. The summed E-state index contributed by atoms with van der Waals surface area (Å²) in [6.07, 6.45) is 10.1. The van der Waals surface area contributed by atoms with Gasteiger partial charge in [0.1, 0.15) is 0 Å². The first-order valence-electron chi connectivity index (χ1n) is 11.2. The normalized spacial score (nSPS) is 11.6. The molecule has 0 amide bonds. The standard InChI is InChI=1S/C23H39N5.C2H6.CH4/c1-6-9-20(2)16-21(3)18-27(4)14-15-28(5)19-23-17-22(10-13-26-23)25-12-8-7-11-24;1-2;/h6,9-10,13,16-17H,1,7-8,11-12,14-15,18-19,24H2,2-5H3,(H,25,26);1-2H3;1H4/b20-9-,21-16+;;. The maximum Gasteiger partial charge on any atom is 0.0564 e. The van der Waals surface area contributed by atoms with Crippen LogP contribution in [0.15, 0.2) is 54.3 Å². The summed E-state index contributed by atoms with van der Waals surface area (Å²) in [5, 5.41) is 3.45. The first kappa shape index (κ1) is 31.2. The molecule has 5 nitrogen and oxygen atoms in total. The van der Waals surface area contributed by atoms with Crippen LogP contribution in [-0.4, -0.2) is 61.6 Å². The van der Waals surface area contributed by atoms with Gasteiger partial charge in [-0.15, -0.1) is 0 Å². The van der Waals surface area contributed by atoms with E-state index in [1.807, 2.05) is 38.3 Å². The second-order valence-corrected chi connectivity index (χ2v) is 7.57. The number of unbranched alkanes of at least 4 members (excludes halogenated alkanes) is 1. The Hall–Kier alpha value is -1.95. The van der Waals surface area contributed by atoms with Crippen LogP contribution < -0.4 is 11.1 Å². The number of anilines is 1. The largest absolute Gasteiger partial charge is 0.385 e. The highest BCUT2D eigenvalue weighted by atomic mass is 15.2. The summed E-state index contributed by atoms with van der Waals surface area (Å²) in [5.74, 6) is 0. The summed E-state index contributed by atoms with van der Waals surface area (Å²) < 4.78 is 0. The van der Waals surface area contributed by atoms with E-state index in [1.54, 1.807) is 0 Å². The summed E-state index contributed by atoms with van der Waals surface area (Å²) in [6, 6.07) is 4.17. The van der Waals surface area contributed by atoms with Crippen molar-refractivity contribution < 1.29 is 0 Å². The third-order valence-corrected chi connectivity index (χ3v) is 4.45. The van der Waals surface area contributed by atoms with Gasteiger partial charge in [0.25, 0.3) is 0 Å². The molecule has 0 aliphatic rings. The molecule has 3 N–H and O–H groups in total. The van der Waals surface area contributed by atoms with Crippen molar-refractivity contribution in [2.75, 3.05) is 52.1 Å². The second kappa shape index (κ2) is 20.0. The molecule has 0 aromatic carbocycles. The van der Waals surface area contributed by atoms with Crippen molar-refractivity contribution in [2.45, 2.75) is 54.5 Å². The van der Waals surface area contributed by atoms with Crippen LogP contribution in [0.2, 0.25) is 0 Å². The van der Waals surface area contributed by atoms with E-state index in [1.165, 1.54) is 11.1 Å². The quantitative estimate of drug-likeness (QED) is 0.308. The van der Waals surface area contributed by atoms with Gasteiger partial charge in [-0.3, -0.25) is 9.88 Å². The van der Waals surface area contributed by atoms with Crippen molar-refractivity contribution in [3.63, 3.8) is 0 Å². The fourth-order valence-electron chi connectivity index (χ4n) is 3.05. The average Bonchev–Trinajstić information content (AvgIpc) is 2.71. The predicted molar refractivity (Wildman–Crippen MR) is 141 cm³/mol. The van der Waals surface area contributed by atoms with E-state index in [2.05, 4.69) is 66.8 Å². The van der Waals surface area contributed by atoms with Gasteiger partial charge < -0.3 is 16.0 Å². The predicted octanol–water partition coefficient (Wildman–Crippen LogP) is 5.34. The van der Waals surface area contributed by atoms with Crippen LogP contribution in [0.3, 0.4) is 0 Å². The molecule has 1 rings (SSSR count). The van der Waals surface area contributed by atoms with Crippen molar-refractivity contribution in [1.29, 1.82) is 0 Å². The molecule has 178 valence electrons. The Balaban J connectivity index is 0. The third-order valence-electron chi connectivity index (χ3n) is 4.45. The lowest BCUT2D eigenvalue weighted by molar-refractivity contribution is 0.260. The maximum atomic E-state index is 5.54. The highest BCUT2D eigenvalue weighted by Crippen LogP contribution is 2.10. The van der Waals surface area contributed by atoms with Gasteiger partial charge in [0.15, 0.2) is 0 Å². The van der Waals surface area contributed by atoms with Gasteiger partial charge in [-0.05, 0) is 59.5 Å². The fourth-order valence-corrected chi connectivity index (χ4v) is 3.05. The summed E-state index contributed by atoms with van der Waals surface area (Å²) in [4.78, 5) is 9.18. The topological polar surface area (TPSA) is 57.4 Å². The number of nitrogens with zero attached hydrogens (tertiary/aromatic N) is 3. The van der Waals surface area contributed by atoms with E-state index in [0.29, 0.717) is 0 Å². The molecule has 0 radical (unpaired) electrons. The van der Waals surface area contributed by atoms with Crippen LogP contribution in [-0.2, 0) is 6.54 Å². The zero-order valence-electron chi connectivity index (χ0n) is 20.2. The molecule has 0 fully saturated rings. The number of allylic oxidation sites excluding steroid dienone is 4. The van der Waals surface area contributed by atoms with Crippen LogP contribution in [0.4, 0.5) is 5.69 Å². The van der Waals surface area contributed by atoms with Crippen LogP contribution in [0.5, 0.6) is 0 Å². The molecule has 5 heteroatoms. The molecule has 0 saturated carbocycles. The van der Waals surface area contributed by atoms with Crippen LogP contribution in [0, 0.1) is 0 Å². The molecule has 0 unspecified atom stereocenters. The van der Waals surface area contributed by atoms with Gasteiger partial charge >= 0.3 is 0 Å². The Kier molecular flexibility index (Phi) is 20.1. The Labute approximate surface area is 193 Å². The monoisotopic (exact) mass is 431 g/mol. The number of pyridine rings is 1. The third kappa shape index (κ3) is 16.4. The highest BCUT2D eigenvalue weighted by molar-refractivity contribution is 5.43. The van der Waals surface area contributed by atoms with E-state index < -0.39 is 0 Å². The molecule has 0 spiro atoms. The summed E-state index contributed by atoms with van der Waals surface area (Å²) in [6.45, 7) is 17.6. The molecular formula is C26H49N5. The number of hydrogen-bond acceptors (Lipinski definition) is 5. The van der Waals surface area contributed by atoms with Crippen molar-refractivity contribution in [3.05, 3.63) is 60.0 Å². The first-order chi connectivity index (χ1) is 14.4. The summed E-state index contributed by atoms with van der Waals surface area (Å²) >= 11 is 0.